The molecule has 2 aromatic carbocycles. The van der Waals surface area contributed by atoms with E-state index in [1.807, 2.05) is 18.4 Å². The number of phenols is 1. The van der Waals surface area contributed by atoms with Gasteiger partial charge in [0.25, 0.3) is 0 Å². The lowest BCUT2D eigenvalue weighted by Gasteiger charge is -2.06. The average Bonchev–Trinajstić information content (AvgIpc) is 3.14. The summed E-state index contributed by atoms with van der Waals surface area (Å²) in [7, 11) is 0. The van der Waals surface area contributed by atoms with E-state index in [2.05, 4.69) is 37.0 Å². The number of ether oxygens (including phenoxy) is 1. The fourth-order valence-corrected chi connectivity index (χ4v) is 3.43. The summed E-state index contributed by atoms with van der Waals surface area (Å²) in [4.78, 5) is 4.64. The van der Waals surface area contributed by atoms with Crippen LogP contribution < -0.4 is 4.74 Å². The van der Waals surface area contributed by atoms with Gasteiger partial charge in [0.2, 0.25) is 0 Å². The molecule has 0 unspecified atom stereocenters. The van der Waals surface area contributed by atoms with Gasteiger partial charge in [-0.25, -0.2) is 4.98 Å². The van der Waals surface area contributed by atoms with E-state index in [-0.39, 0.29) is 5.75 Å². The number of thiazole rings is 1. The highest BCUT2D eigenvalue weighted by Gasteiger charge is 2.11. The van der Waals surface area contributed by atoms with Gasteiger partial charge in [-0.15, -0.1) is 11.3 Å². The molecule has 0 fully saturated rings. The second-order valence-electron chi connectivity index (χ2n) is 6.17. The van der Waals surface area contributed by atoms with E-state index in [1.54, 1.807) is 24.3 Å². The first-order chi connectivity index (χ1) is 13.0. The second-order valence-corrected chi connectivity index (χ2v) is 7.03. The molecule has 4 nitrogen and oxygen atoms in total. The van der Waals surface area contributed by atoms with Crippen molar-refractivity contribution in [2.24, 2.45) is 0 Å². The first-order valence-electron chi connectivity index (χ1n) is 8.63. The Hall–Kier alpha value is -3.10. The molecule has 5 heteroatoms. The summed E-state index contributed by atoms with van der Waals surface area (Å²) >= 11 is 1.44. The van der Waals surface area contributed by atoms with Crippen molar-refractivity contribution in [2.75, 3.05) is 6.61 Å². The van der Waals surface area contributed by atoms with Gasteiger partial charge in [-0.2, -0.15) is 5.26 Å². The van der Waals surface area contributed by atoms with Crippen LogP contribution in [0.1, 0.15) is 28.6 Å². The third-order valence-electron chi connectivity index (χ3n) is 4.25. The van der Waals surface area contributed by atoms with Gasteiger partial charge in [0, 0.05) is 10.9 Å². The summed E-state index contributed by atoms with van der Waals surface area (Å²) in [6.07, 6.45) is 1.75. The topological polar surface area (TPSA) is 66.1 Å². The van der Waals surface area contributed by atoms with Crippen molar-refractivity contribution in [3.05, 3.63) is 63.5 Å². The number of phenolic OH excluding ortho intramolecular Hbond substituents is 1. The second kappa shape index (κ2) is 8.07. The molecule has 0 saturated carbocycles. The molecule has 0 aliphatic carbocycles. The highest BCUT2D eigenvalue weighted by atomic mass is 32.1. The van der Waals surface area contributed by atoms with Gasteiger partial charge >= 0.3 is 0 Å². The highest BCUT2D eigenvalue weighted by molar-refractivity contribution is 7.11. The molecule has 0 atom stereocenters. The van der Waals surface area contributed by atoms with Crippen LogP contribution in [-0.2, 0) is 0 Å². The molecule has 0 amide bonds. The predicted molar refractivity (Wildman–Crippen MR) is 110 cm³/mol. The molecule has 0 aliphatic rings. The lowest BCUT2D eigenvalue weighted by Crippen LogP contribution is -1.92. The van der Waals surface area contributed by atoms with Gasteiger partial charge in [0.15, 0.2) is 11.5 Å². The Balaban J connectivity index is 1.94. The quantitative estimate of drug-likeness (QED) is 0.589. The fourth-order valence-electron chi connectivity index (χ4n) is 2.63. The minimum Gasteiger partial charge on any atom is -0.504 e. The van der Waals surface area contributed by atoms with E-state index >= 15 is 0 Å². The Morgan fingerprint density at radius 2 is 2.04 bits per heavy atom. The molecule has 0 aliphatic heterocycles. The van der Waals surface area contributed by atoms with Crippen molar-refractivity contribution in [2.45, 2.75) is 20.8 Å². The van der Waals surface area contributed by atoms with Gasteiger partial charge in [-0.1, -0.05) is 18.2 Å². The summed E-state index contributed by atoms with van der Waals surface area (Å²) in [6.45, 7) is 6.47. The number of hydrogen-bond donors (Lipinski definition) is 1. The number of nitriles is 1. The minimum absolute atomic E-state index is 0.0822. The Bertz CT molecular complexity index is 1040. The molecule has 0 saturated heterocycles. The molecular formula is C22H20N2O2S. The molecule has 136 valence electrons. The zero-order chi connectivity index (χ0) is 19.4. The Morgan fingerprint density at radius 3 is 2.74 bits per heavy atom. The maximum atomic E-state index is 9.82. The summed E-state index contributed by atoms with van der Waals surface area (Å²) < 4.78 is 5.41. The molecule has 1 aromatic heterocycles. The molecule has 1 heterocycles. The van der Waals surface area contributed by atoms with E-state index in [1.165, 1.54) is 22.5 Å². The number of aromatic hydroxyl groups is 1. The van der Waals surface area contributed by atoms with Crippen molar-refractivity contribution in [1.82, 2.24) is 4.98 Å². The normalized spacial score (nSPS) is 11.3. The van der Waals surface area contributed by atoms with Gasteiger partial charge in [-0.3, -0.25) is 0 Å². The van der Waals surface area contributed by atoms with Crippen molar-refractivity contribution < 1.29 is 9.84 Å². The Kier molecular flexibility index (Phi) is 5.58. The fraction of sp³-hybridized carbons (Fsp3) is 0.182. The summed E-state index contributed by atoms with van der Waals surface area (Å²) in [5, 5.41) is 22.0. The smallest absolute Gasteiger partial charge is 0.161 e. The van der Waals surface area contributed by atoms with Crippen LogP contribution in [0.3, 0.4) is 0 Å². The number of hydrogen-bond acceptors (Lipinski definition) is 5. The maximum Gasteiger partial charge on any atom is 0.161 e. The van der Waals surface area contributed by atoms with Crippen LogP contribution in [0.15, 0.2) is 41.8 Å². The third-order valence-corrected chi connectivity index (χ3v) is 5.13. The van der Waals surface area contributed by atoms with E-state index < -0.39 is 0 Å². The zero-order valence-electron chi connectivity index (χ0n) is 15.5. The molecule has 3 aromatic rings. The largest absolute Gasteiger partial charge is 0.504 e. The molecule has 0 bridgehead atoms. The number of rotatable bonds is 5. The van der Waals surface area contributed by atoms with Crippen molar-refractivity contribution in [3.63, 3.8) is 0 Å². The minimum atomic E-state index is 0.0822. The molecule has 27 heavy (non-hydrogen) atoms. The third kappa shape index (κ3) is 4.18. The van der Waals surface area contributed by atoms with Gasteiger partial charge in [0.1, 0.15) is 11.1 Å². The van der Waals surface area contributed by atoms with E-state index in [0.29, 0.717) is 22.9 Å². The molecule has 1 N–H and O–H groups in total. The number of benzene rings is 2. The average molecular weight is 376 g/mol. The number of aromatic nitrogens is 1. The van der Waals surface area contributed by atoms with Gasteiger partial charge in [-0.05, 0) is 61.7 Å². The lowest BCUT2D eigenvalue weighted by atomic mass is 10.1. The SMILES string of the molecule is CCOc1cc(C=C(C#N)c2nc(-c3ccc(C)c(C)c3)cs2)ccc1O. The maximum absolute atomic E-state index is 9.82. The number of nitrogens with zero attached hydrogens (tertiary/aromatic N) is 2. The summed E-state index contributed by atoms with van der Waals surface area (Å²) in [5.41, 5.74) is 5.61. The molecule has 0 radical (unpaired) electrons. The van der Waals surface area contributed by atoms with Crippen LogP contribution in [-0.4, -0.2) is 16.7 Å². The van der Waals surface area contributed by atoms with E-state index in [0.717, 1.165) is 16.8 Å². The van der Waals surface area contributed by atoms with Crippen LogP contribution in [0.5, 0.6) is 11.5 Å². The predicted octanol–water partition coefficient (Wildman–Crippen LogP) is 5.60. The number of aryl methyl sites for hydroxylation is 2. The first kappa shape index (κ1) is 18.7. The standard InChI is InChI=1S/C22H20N2O2S/c1-4-26-21-11-16(6-8-20(21)25)10-18(12-23)22-24-19(13-27-22)17-7-5-14(2)15(3)9-17/h5-11,13,25H,4H2,1-3H3. The molecular weight excluding hydrogens is 356 g/mol. The van der Waals surface area contributed by atoms with Crippen LogP contribution in [0.4, 0.5) is 0 Å². The van der Waals surface area contributed by atoms with Crippen LogP contribution >= 0.6 is 11.3 Å². The Labute approximate surface area is 163 Å². The van der Waals surface area contributed by atoms with E-state index in [9.17, 15) is 10.4 Å². The van der Waals surface area contributed by atoms with Gasteiger partial charge < -0.3 is 9.84 Å². The number of allylic oxidation sites excluding steroid dienone is 1. The van der Waals surface area contributed by atoms with Crippen LogP contribution in [0.2, 0.25) is 0 Å². The molecule has 0 spiro atoms. The highest BCUT2D eigenvalue weighted by Crippen LogP contribution is 2.31. The Morgan fingerprint density at radius 1 is 1.22 bits per heavy atom. The summed E-state index contributed by atoms with van der Waals surface area (Å²) in [5.74, 6) is 0.484. The monoisotopic (exact) mass is 376 g/mol. The van der Waals surface area contributed by atoms with E-state index in [4.69, 9.17) is 4.74 Å². The van der Waals surface area contributed by atoms with Gasteiger partial charge in [0.05, 0.1) is 17.9 Å². The lowest BCUT2D eigenvalue weighted by molar-refractivity contribution is 0.318. The van der Waals surface area contributed by atoms with Crippen molar-refractivity contribution in [1.29, 1.82) is 5.26 Å². The zero-order valence-corrected chi connectivity index (χ0v) is 16.3. The first-order valence-corrected chi connectivity index (χ1v) is 9.51. The molecule has 3 rings (SSSR count). The summed E-state index contributed by atoms with van der Waals surface area (Å²) in [6, 6.07) is 13.5. The van der Waals surface area contributed by atoms with Crippen molar-refractivity contribution in [3.8, 4) is 28.8 Å². The van der Waals surface area contributed by atoms with Crippen LogP contribution in [0, 0.1) is 25.2 Å². The van der Waals surface area contributed by atoms with Crippen molar-refractivity contribution >= 4 is 23.0 Å². The van der Waals surface area contributed by atoms with Crippen LogP contribution in [0.25, 0.3) is 22.9 Å².